The highest BCUT2D eigenvalue weighted by molar-refractivity contribution is 6.30. The smallest absolute Gasteiger partial charge is 0.276 e. The quantitative estimate of drug-likeness (QED) is 0.496. The van der Waals surface area contributed by atoms with E-state index in [0.717, 1.165) is 16.5 Å². The topological polar surface area (TPSA) is 65.3 Å². The molecule has 0 radical (unpaired) electrons. The van der Waals surface area contributed by atoms with Crippen LogP contribution in [0, 0.1) is 10.1 Å². The first-order valence-corrected chi connectivity index (χ1v) is 7.52. The summed E-state index contributed by atoms with van der Waals surface area (Å²) in [5.41, 5.74) is 1.96. The van der Waals surface area contributed by atoms with Crippen LogP contribution in [0.4, 0.5) is 5.69 Å². The van der Waals surface area contributed by atoms with Crippen molar-refractivity contribution in [2.45, 2.75) is 0 Å². The van der Waals surface area contributed by atoms with Gasteiger partial charge in [-0.15, -0.1) is 0 Å². The lowest BCUT2D eigenvalue weighted by molar-refractivity contribution is -0.385. The van der Waals surface area contributed by atoms with E-state index in [1.807, 2.05) is 30.3 Å². The average molecular weight is 341 g/mol. The minimum atomic E-state index is -0.439. The minimum Gasteiger partial charge on any atom is -0.481 e. The summed E-state index contributed by atoms with van der Waals surface area (Å²) in [7, 11) is 1.54. The molecule has 0 aliphatic heterocycles. The predicted octanol–water partition coefficient (Wildman–Crippen LogP) is 4.98. The van der Waals surface area contributed by atoms with Gasteiger partial charge in [-0.25, -0.2) is 4.98 Å². The van der Waals surface area contributed by atoms with E-state index in [0.29, 0.717) is 16.5 Å². The molecular weight excluding hydrogens is 328 g/mol. The van der Waals surface area contributed by atoms with Gasteiger partial charge < -0.3 is 4.74 Å². The van der Waals surface area contributed by atoms with Crippen LogP contribution in [0.25, 0.3) is 23.1 Å². The largest absolute Gasteiger partial charge is 0.481 e. The molecule has 0 amide bonds. The molecule has 0 N–H and O–H groups in total. The Morgan fingerprint density at radius 3 is 2.62 bits per heavy atom. The molecule has 24 heavy (non-hydrogen) atoms. The number of rotatable bonds is 4. The molecule has 0 aliphatic carbocycles. The molecule has 0 fully saturated rings. The fraction of sp³-hybridized carbons (Fsp3) is 0.0556. The third kappa shape index (κ3) is 3.21. The molecule has 120 valence electrons. The van der Waals surface area contributed by atoms with Crippen molar-refractivity contribution in [3.8, 4) is 5.88 Å². The van der Waals surface area contributed by atoms with Crippen molar-refractivity contribution < 1.29 is 9.66 Å². The highest BCUT2D eigenvalue weighted by Gasteiger charge is 2.12. The highest BCUT2D eigenvalue weighted by Crippen LogP contribution is 2.27. The number of nitrogens with zero attached hydrogens (tertiary/aromatic N) is 2. The summed E-state index contributed by atoms with van der Waals surface area (Å²) in [6.07, 6.45) is 3.37. The van der Waals surface area contributed by atoms with Crippen molar-refractivity contribution in [1.29, 1.82) is 0 Å². The number of fused-ring (bicyclic) bond motifs is 1. The molecule has 5 nitrogen and oxygen atoms in total. The van der Waals surface area contributed by atoms with Gasteiger partial charge in [0.1, 0.15) is 0 Å². The molecule has 2 aromatic carbocycles. The van der Waals surface area contributed by atoms with Crippen molar-refractivity contribution in [3.63, 3.8) is 0 Å². The molecule has 0 atom stereocenters. The maximum atomic E-state index is 11.1. The van der Waals surface area contributed by atoms with Crippen molar-refractivity contribution in [2.75, 3.05) is 7.11 Å². The summed E-state index contributed by atoms with van der Waals surface area (Å²) in [4.78, 5) is 15.1. The van der Waals surface area contributed by atoms with E-state index >= 15 is 0 Å². The Balaban J connectivity index is 2.08. The van der Waals surface area contributed by atoms with E-state index in [1.54, 1.807) is 18.2 Å². The van der Waals surface area contributed by atoms with Crippen molar-refractivity contribution >= 4 is 40.3 Å². The maximum absolute atomic E-state index is 11.1. The van der Waals surface area contributed by atoms with E-state index in [-0.39, 0.29) is 5.69 Å². The van der Waals surface area contributed by atoms with Gasteiger partial charge in [-0.05, 0) is 36.4 Å². The third-order valence-electron chi connectivity index (χ3n) is 3.54. The van der Waals surface area contributed by atoms with Crippen LogP contribution in [0.1, 0.15) is 11.1 Å². The first-order valence-electron chi connectivity index (χ1n) is 7.14. The maximum Gasteiger partial charge on any atom is 0.276 e. The number of benzene rings is 2. The number of hydrogen-bond donors (Lipinski definition) is 0. The Hall–Kier alpha value is -2.92. The van der Waals surface area contributed by atoms with Crippen LogP contribution in [0.2, 0.25) is 5.02 Å². The number of para-hydroxylation sites is 1. The second-order valence-corrected chi connectivity index (χ2v) is 5.51. The van der Waals surface area contributed by atoms with Crippen molar-refractivity contribution in [3.05, 3.63) is 74.8 Å². The number of nitro benzene ring substituents is 1. The van der Waals surface area contributed by atoms with Crippen LogP contribution in [0.15, 0.2) is 48.5 Å². The molecule has 3 rings (SSSR count). The fourth-order valence-electron chi connectivity index (χ4n) is 2.40. The van der Waals surface area contributed by atoms with Gasteiger partial charge in [-0.2, -0.15) is 0 Å². The number of methoxy groups -OCH3 is 1. The average Bonchev–Trinajstić information content (AvgIpc) is 2.58. The molecule has 1 heterocycles. The van der Waals surface area contributed by atoms with Crippen LogP contribution in [-0.4, -0.2) is 17.0 Å². The molecule has 0 unspecified atom stereocenters. The molecule has 0 bridgehead atoms. The molecule has 3 aromatic rings. The van der Waals surface area contributed by atoms with Gasteiger partial charge in [0, 0.05) is 22.0 Å². The summed E-state index contributed by atoms with van der Waals surface area (Å²) in [6, 6.07) is 14.0. The number of halogens is 1. The standard InChI is InChI=1S/C18H13ClN2O3/c1-24-18-14(10-12-4-2-3-5-16(12)20-18)7-6-13-11-15(19)8-9-17(13)21(22)23/h2-11H,1H3/b7-6+. The van der Waals surface area contributed by atoms with E-state index in [1.165, 1.54) is 19.2 Å². The minimum absolute atomic E-state index is 0.0108. The van der Waals surface area contributed by atoms with Gasteiger partial charge in [0.05, 0.1) is 23.1 Å². The first kappa shape index (κ1) is 16.0. The normalized spacial score (nSPS) is 11.1. The highest BCUT2D eigenvalue weighted by atomic mass is 35.5. The summed E-state index contributed by atoms with van der Waals surface area (Å²) in [5.74, 6) is 0.453. The SMILES string of the molecule is COc1nc2ccccc2cc1/C=C/c1cc(Cl)ccc1[N+](=O)[O-]. The zero-order valence-corrected chi connectivity index (χ0v) is 13.5. The molecule has 0 saturated heterocycles. The first-order chi connectivity index (χ1) is 11.6. The second kappa shape index (κ2) is 6.68. The Morgan fingerprint density at radius 1 is 1.12 bits per heavy atom. The number of hydrogen-bond acceptors (Lipinski definition) is 4. The number of pyridine rings is 1. The van der Waals surface area contributed by atoms with Crippen LogP contribution in [0.3, 0.4) is 0 Å². The van der Waals surface area contributed by atoms with Crippen LogP contribution in [0.5, 0.6) is 5.88 Å². The Morgan fingerprint density at radius 2 is 1.88 bits per heavy atom. The van der Waals surface area contributed by atoms with E-state index in [4.69, 9.17) is 16.3 Å². The van der Waals surface area contributed by atoms with E-state index < -0.39 is 4.92 Å². The summed E-state index contributed by atoms with van der Waals surface area (Å²) < 4.78 is 5.32. The molecular formula is C18H13ClN2O3. The summed E-state index contributed by atoms with van der Waals surface area (Å²) in [6.45, 7) is 0. The number of ether oxygens (including phenoxy) is 1. The van der Waals surface area contributed by atoms with Crippen molar-refractivity contribution in [2.24, 2.45) is 0 Å². The van der Waals surface area contributed by atoms with Gasteiger partial charge in [0.15, 0.2) is 0 Å². The van der Waals surface area contributed by atoms with Crippen LogP contribution in [-0.2, 0) is 0 Å². The molecule has 0 aliphatic rings. The lowest BCUT2D eigenvalue weighted by atomic mass is 10.1. The Labute approximate surface area is 143 Å². The molecule has 0 spiro atoms. The van der Waals surface area contributed by atoms with Crippen molar-refractivity contribution in [1.82, 2.24) is 4.98 Å². The zero-order chi connectivity index (χ0) is 17.1. The number of nitro groups is 1. The van der Waals surface area contributed by atoms with E-state index in [9.17, 15) is 10.1 Å². The van der Waals surface area contributed by atoms with Crippen LogP contribution < -0.4 is 4.74 Å². The lowest BCUT2D eigenvalue weighted by Crippen LogP contribution is -1.93. The summed E-state index contributed by atoms with van der Waals surface area (Å²) in [5, 5.41) is 12.5. The zero-order valence-electron chi connectivity index (χ0n) is 12.8. The Bertz CT molecular complexity index is 954. The van der Waals surface area contributed by atoms with E-state index in [2.05, 4.69) is 4.98 Å². The van der Waals surface area contributed by atoms with Gasteiger partial charge in [0.2, 0.25) is 5.88 Å². The van der Waals surface area contributed by atoms with Gasteiger partial charge in [-0.1, -0.05) is 29.8 Å². The predicted molar refractivity (Wildman–Crippen MR) is 95.3 cm³/mol. The van der Waals surface area contributed by atoms with Crippen LogP contribution >= 0.6 is 11.6 Å². The monoisotopic (exact) mass is 340 g/mol. The molecule has 0 saturated carbocycles. The second-order valence-electron chi connectivity index (χ2n) is 5.07. The fourth-order valence-corrected chi connectivity index (χ4v) is 2.58. The van der Waals surface area contributed by atoms with Gasteiger partial charge in [-0.3, -0.25) is 10.1 Å². The molecule has 1 aromatic heterocycles. The van der Waals surface area contributed by atoms with Gasteiger partial charge >= 0.3 is 0 Å². The molecule has 6 heteroatoms. The van der Waals surface area contributed by atoms with Gasteiger partial charge in [0.25, 0.3) is 5.69 Å². The Kier molecular flexibility index (Phi) is 4.44. The third-order valence-corrected chi connectivity index (χ3v) is 3.77. The number of aromatic nitrogens is 1. The summed E-state index contributed by atoms with van der Waals surface area (Å²) >= 11 is 5.95. The lowest BCUT2D eigenvalue weighted by Gasteiger charge is -2.06.